The van der Waals surface area contributed by atoms with Crippen LogP contribution in [0.1, 0.15) is 38.6 Å². The molecule has 0 saturated heterocycles. The molecule has 0 spiro atoms. The Morgan fingerprint density at radius 2 is 2.06 bits per heavy atom. The molecule has 1 aromatic heterocycles. The quantitative estimate of drug-likeness (QED) is 0.849. The molecule has 4 heteroatoms. The summed E-state index contributed by atoms with van der Waals surface area (Å²) in [5.41, 5.74) is 2.14. The van der Waals surface area contributed by atoms with Crippen LogP contribution in [0.4, 0.5) is 0 Å². The molecule has 17 heavy (non-hydrogen) atoms. The number of nitrogens with one attached hydrogen (secondary N) is 1. The van der Waals surface area contributed by atoms with Gasteiger partial charge in [-0.05, 0) is 19.4 Å². The first kappa shape index (κ1) is 14.5. The monoisotopic (exact) mass is 257 g/mol. The van der Waals surface area contributed by atoms with Gasteiger partial charge in [-0.1, -0.05) is 38.8 Å². The molecule has 0 fully saturated rings. The van der Waals surface area contributed by atoms with Gasteiger partial charge in [-0.3, -0.25) is 4.68 Å². The minimum absolute atomic E-state index is 0.456. The molecular weight excluding hydrogens is 234 g/mol. The van der Waals surface area contributed by atoms with Crippen LogP contribution < -0.4 is 5.32 Å². The van der Waals surface area contributed by atoms with Crippen LogP contribution in [0.3, 0.4) is 0 Å². The minimum Gasteiger partial charge on any atom is -0.316 e. The highest BCUT2D eigenvalue weighted by Crippen LogP contribution is 2.24. The number of rotatable bonds is 6. The van der Waals surface area contributed by atoms with Crippen molar-refractivity contribution in [3.8, 4) is 0 Å². The van der Waals surface area contributed by atoms with Crippen molar-refractivity contribution in [1.82, 2.24) is 15.1 Å². The van der Waals surface area contributed by atoms with E-state index in [0.29, 0.717) is 12.0 Å². The molecular formula is C13H24ClN3. The van der Waals surface area contributed by atoms with E-state index in [4.69, 9.17) is 11.6 Å². The Bertz CT molecular complexity index is 360. The van der Waals surface area contributed by atoms with Crippen molar-refractivity contribution in [2.45, 2.75) is 46.1 Å². The van der Waals surface area contributed by atoms with Crippen molar-refractivity contribution in [2.75, 3.05) is 7.05 Å². The molecule has 0 aliphatic carbocycles. The van der Waals surface area contributed by atoms with Crippen molar-refractivity contribution in [1.29, 1.82) is 0 Å². The van der Waals surface area contributed by atoms with E-state index >= 15 is 0 Å². The van der Waals surface area contributed by atoms with Crippen LogP contribution in [0.15, 0.2) is 0 Å². The molecule has 0 saturated carbocycles. The summed E-state index contributed by atoms with van der Waals surface area (Å²) in [4.78, 5) is 0. The van der Waals surface area contributed by atoms with Gasteiger partial charge in [-0.2, -0.15) is 5.10 Å². The number of likely N-dealkylation sites (N-methyl/N-ethyl adjacent to an activating group) is 1. The average Bonchev–Trinajstić information content (AvgIpc) is 2.61. The fourth-order valence-electron chi connectivity index (χ4n) is 2.12. The first-order chi connectivity index (χ1) is 8.04. The summed E-state index contributed by atoms with van der Waals surface area (Å²) in [6.45, 7) is 6.58. The molecule has 0 bridgehead atoms. The molecule has 98 valence electrons. The first-order valence-electron chi connectivity index (χ1n) is 6.42. The molecule has 0 aliphatic heterocycles. The second-order valence-electron chi connectivity index (χ2n) is 4.67. The Morgan fingerprint density at radius 3 is 2.47 bits per heavy atom. The Labute approximate surface area is 110 Å². The maximum absolute atomic E-state index is 6.37. The van der Waals surface area contributed by atoms with E-state index in [9.17, 15) is 0 Å². The van der Waals surface area contributed by atoms with Gasteiger partial charge in [0.05, 0.1) is 16.4 Å². The third-order valence-electron chi connectivity index (χ3n) is 3.62. The summed E-state index contributed by atoms with van der Waals surface area (Å²) < 4.78 is 1.92. The van der Waals surface area contributed by atoms with Crippen LogP contribution in [-0.4, -0.2) is 22.9 Å². The van der Waals surface area contributed by atoms with Gasteiger partial charge in [0.25, 0.3) is 0 Å². The highest BCUT2D eigenvalue weighted by molar-refractivity contribution is 6.31. The molecule has 0 aromatic carbocycles. The highest BCUT2D eigenvalue weighted by atomic mass is 35.5. The van der Waals surface area contributed by atoms with E-state index in [0.717, 1.165) is 29.3 Å². The maximum atomic E-state index is 6.37. The lowest BCUT2D eigenvalue weighted by Crippen LogP contribution is -2.34. The fraction of sp³-hybridized carbons (Fsp3) is 0.769. The predicted octanol–water partition coefficient (Wildman–Crippen LogP) is 2.81. The summed E-state index contributed by atoms with van der Waals surface area (Å²) in [6.07, 6.45) is 3.00. The summed E-state index contributed by atoms with van der Waals surface area (Å²) in [7, 11) is 3.99. The van der Waals surface area contributed by atoms with Crippen LogP contribution in [0.2, 0.25) is 5.02 Å². The lowest BCUT2D eigenvalue weighted by Gasteiger charge is -2.22. The second kappa shape index (κ2) is 6.41. The van der Waals surface area contributed by atoms with E-state index in [2.05, 4.69) is 31.2 Å². The largest absolute Gasteiger partial charge is 0.316 e. The Balaban J connectivity index is 2.89. The maximum Gasteiger partial charge on any atom is 0.0850 e. The van der Waals surface area contributed by atoms with E-state index in [1.807, 2.05) is 18.8 Å². The fourth-order valence-corrected chi connectivity index (χ4v) is 2.49. The second-order valence-corrected chi connectivity index (χ2v) is 5.05. The van der Waals surface area contributed by atoms with Gasteiger partial charge in [0.2, 0.25) is 0 Å². The summed E-state index contributed by atoms with van der Waals surface area (Å²) >= 11 is 6.37. The van der Waals surface area contributed by atoms with Gasteiger partial charge in [0.1, 0.15) is 0 Å². The third-order valence-corrected chi connectivity index (χ3v) is 4.05. The van der Waals surface area contributed by atoms with Gasteiger partial charge in [0.15, 0.2) is 0 Å². The molecule has 0 radical (unpaired) electrons. The zero-order valence-corrected chi connectivity index (χ0v) is 12.3. The Kier molecular flexibility index (Phi) is 5.47. The molecule has 2 unspecified atom stereocenters. The number of nitrogens with zero attached hydrogens (tertiary/aromatic N) is 2. The topological polar surface area (TPSA) is 29.9 Å². The summed E-state index contributed by atoms with van der Waals surface area (Å²) in [5.74, 6) is 0.635. The lowest BCUT2D eigenvalue weighted by atomic mass is 9.95. The van der Waals surface area contributed by atoms with Gasteiger partial charge >= 0.3 is 0 Å². The smallest absolute Gasteiger partial charge is 0.0850 e. The molecule has 1 heterocycles. The van der Waals surface area contributed by atoms with Crippen LogP contribution in [0.5, 0.6) is 0 Å². The zero-order chi connectivity index (χ0) is 13.0. The van der Waals surface area contributed by atoms with E-state index in [-0.39, 0.29) is 0 Å². The van der Waals surface area contributed by atoms with E-state index in [1.165, 1.54) is 6.42 Å². The van der Waals surface area contributed by atoms with E-state index in [1.54, 1.807) is 0 Å². The number of hydrogen-bond acceptors (Lipinski definition) is 2. The van der Waals surface area contributed by atoms with Crippen molar-refractivity contribution in [3.05, 3.63) is 16.4 Å². The summed E-state index contributed by atoms with van der Waals surface area (Å²) in [6, 6.07) is 0.456. The van der Waals surface area contributed by atoms with Gasteiger partial charge in [0, 0.05) is 19.5 Å². The molecule has 0 aliphatic rings. The number of aryl methyl sites for hydroxylation is 2. The molecule has 0 amide bonds. The van der Waals surface area contributed by atoms with Gasteiger partial charge < -0.3 is 5.32 Å². The average molecular weight is 258 g/mol. The third kappa shape index (κ3) is 3.23. The van der Waals surface area contributed by atoms with Crippen molar-refractivity contribution in [2.24, 2.45) is 13.0 Å². The number of halogens is 1. The Morgan fingerprint density at radius 1 is 1.41 bits per heavy atom. The van der Waals surface area contributed by atoms with E-state index < -0.39 is 0 Å². The van der Waals surface area contributed by atoms with Crippen molar-refractivity contribution in [3.63, 3.8) is 0 Å². The zero-order valence-electron chi connectivity index (χ0n) is 11.5. The van der Waals surface area contributed by atoms with Crippen LogP contribution in [-0.2, 0) is 19.9 Å². The SMILES string of the molecule is CCc1nn(C)c(CC(NC)C(C)CC)c1Cl. The predicted molar refractivity (Wildman–Crippen MR) is 73.6 cm³/mol. The Hall–Kier alpha value is -0.540. The molecule has 2 atom stereocenters. The first-order valence-corrected chi connectivity index (χ1v) is 6.80. The number of hydrogen-bond donors (Lipinski definition) is 1. The van der Waals surface area contributed by atoms with Crippen LogP contribution in [0, 0.1) is 5.92 Å². The van der Waals surface area contributed by atoms with Crippen molar-refractivity contribution >= 4 is 11.6 Å². The van der Waals surface area contributed by atoms with Crippen LogP contribution >= 0.6 is 11.6 Å². The summed E-state index contributed by atoms with van der Waals surface area (Å²) in [5, 5.41) is 8.69. The normalized spacial score (nSPS) is 14.9. The minimum atomic E-state index is 0.456. The number of aromatic nitrogens is 2. The standard InChI is InChI=1S/C13H24ClN3/c1-6-9(3)11(15-4)8-12-13(14)10(7-2)16-17(12)5/h9,11,15H,6-8H2,1-5H3. The van der Waals surface area contributed by atoms with Gasteiger partial charge in [-0.25, -0.2) is 0 Å². The molecule has 3 nitrogen and oxygen atoms in total. The highest BCUT2D eigenvalue weighted by Gasteiger charge is 2.20. The lowest BCUT2D eigenvalue weighted by molar-refractivity contribution is 0.380. The molecule has 1 rings (SSSR count). The van der Waals surface area contributed by atoms with Gasteiger partial charge in [-0.15, -0.1) is 0 Å². The molecule has 1 aromatic rings. The molecule has 1 N–H and O–H groups in total. The van der Waals surface area contributed by atoms with Crippen LogP contribution in [0.25, 0.3) is 0 Å². The van der Waals surface area contributed by atoms with Crippen molar-refractivity contribution < 1.29 is 0 Å².